The fourth-order valence-electron chi connectivity index (χ4n) is 2.51. The zero-order valence-corrected chi connectivity index (χ0v) is 14.1. The molecule has 0 fully saturated rings. The third-order valence-corrected chi connectivity index (χ3v) is 3.79. The summed E-state index contributed by atoms with van der Waals surface area (Å²) in [6.45, 7) is 0. The molecule has 0 aromatic carbocycles. The summed E-state index contributed by atoms with van der Waals surface area (Å²) >= 11 is 0. The van der Waals surface area contributed by atoms with Gasteiger partial charge in [-0.25, -0.2) is 9.97 Å². The first-order chi connectivity index (χ1) is 13.1. The molecule has 2 amide bonds. The number of nitrogens with one attached hydrogen (secondary N) is 1. The minimum Gasteiger partial charge on any atom is -0.363 e. The van der Waals surface area contributed by atoms with Crippen LogP contribution in [0, 0.1) is 0 Å². The number of carbonyl (C=O) groups excluding carboxylic acids is 3. The molecular formula is C18H16N6O3. The summed E-state index contributed by atoms with van der Waals surface area (Å²) in [7, 11) is 0. The summed E-state index contributed by atoms with van der Waals surface area (Å²) in [5, 5.41) is 2.54. The van der Waals surface area contributed by atoms with Crippen LogP contribution in [-0.2, 0) is 16.0 Å². The number of primary amides is 1. The number of aromatic nitrogens is 4. The van der Waals surface area contributed by atoms with Crippen molar-refractivity contribution >= 4 is 17.6 Å². The molecule has 3 aromatic heterocycles. The average Bonchev–Trinajstić information content (AvgIpc) is 3.18. The molecule has 9 nitrogen and oxygen atoms in total. The van der Waals surface area contributed by atoms with Crippen molar-refractivity contribution in [3.05, 3.63) is 72.7 Å². The summed E-state index contributed by atoms with van der Waals surface area (Å²) in [5.41, 5.74) is 5.84. The van der Waals surface area contributed by atoms with E-state index in [1.807, 2.05) is 0 Å². The Morgan fingerprint density at radius 2 is 1.81 bits per heavy atom. The van der Waals surface area contributed by atoms with Gasteiger partial charge in [0.05, 0.1) is 0 Å². The first-order valence-electron chi connectivity index (χ1n) is 8.04. The lowest BCUT2D eigenvalue weighted by Crippen LogP contribution is -2.47. The number of pyridine rings is 2. The number of hydrogen-bond acceptors (Lipinski definition) is 6. The molecule has 3 rings (SSSR count). The van der Waals surface area contributed by atoms with Gasteiger partial charge >= 0.3 is 0 Å². The van der Waals surface area contributed by atoms with Crippen molar-refractivity contribution in [1.82, 2.24) is 24.8 Å². The van der Waals surface area contributed by atoms with Crippen LogP contribution in [0.2, 0.25) is 0 Å². The Hall–Kier alpha value is -3.88. The lowest BCUT2D eigenvalue weighted by atomic mass is 10.0. The number of hydrogen-bond donors (Lipinski definition) is 2. The van der Waals surface area contributed by atoms with Gasteiger partial charge in [0, 0.05) is 37.4 Å². The van der Waals surface area contributed by atoms with Crippen molar-refractivity contribution in [3.8, 4) is 5.82 Å². The van der Waals surface area contributed by atoms with Gasteiger partial charge < -0.3 is 11.1 Å². The second kappa shape index (κ2) is 8.00. The highest BCUT2D eigenvalue weighted by Gasteiger charge is 2.27. The third-order valence-electron chi connectivity index (χ3n) is 3.79. The Balaban J connectivity index is 1.84. The molecule has 0 bridgehead atoms. The molecule has 136 valence electrons. The number of ketones is 1. The van der Waals surface area contributed by atoms with Crippen LogP contribution in [0.1, 0.15) is 16.2 Å². The minimum absolute atomic E-state index is 0.0331. The number of imidazole rings is 1. The Morgan fingerprint density at radius 1 is 1.04 bits per heavy atom. The highest BCUT2D eigenvalue weighted by Crippen LogP contribution is 2.09. The molecule has 0 aliphatic heterocycles. The smallest absolute Gasteiger partial charge is 0.288 e. The quantitative estimate of drug-likeness (QED) is 0.570. The van der Waals surface area contributed by atoms with E-state index in [1.165, 1.54) is 10.8 Å². The first kappa shape index (κ1) is 17.9. The molecule has 0 saturated carbocycles. The molecule has 0 spiro atoms. The molecule has 0 radical (unpaired) electrons. The first-order valence-corrected chi connectivity index (χ1v) is 8.04. The lowest BCUT2D eigenvalue weighted by Gasteiger charge is -2.16. The third kappa shape index (κ3) is 4.21. The number of nitrogens with two attached hydrogens (primary N) is 1. The highest BCUT2D eigenvalue weighted by atomic mass is 16.2. The Kier molecular flexibility index (Phi) is 5.31. The van der Waals surface area contributed by atoms with Crippen molar-refractivity contribution in [3.63, 3.8) is 0 Å². The molecule has 3 heterocycles. The van der Waals surface area contributed by atoms with Crippen LogP contribution < -0.4 is 11.1 Å². The van der Waals surface area contributed by atoms with Crippen molar-refractivity contribution in [2.24, 2.45) is 5.73 Å². The predicted octanol–water partition coefficient (Wildman–Crippen LogP) is 0.0578. The fraction of sp³-hybridized carbons (Fsp3) is 0.111. The van der Waals surface area contributed by atoms with E-state index in [2.05, 4.69) is 20.3 Å². The highest BCUT2D eigenvalue weighted by molar-refractivity contribution is 6.38. The standard InChI is InChI=1S/C18H16N6O3/c19-16(26)15(25)13(11-12-4-7-20-8-5-12)23-18(27)17-22-9-10-24(17)14-3-1-2-6-21-14/h1-10,13H,11H2,(H2,19,26)(H,23,27). The molecule has 0 aliphatic carbocycles. The number of rotatable bonds is 7. The topological polar surface area (TPSA) is 133 Å². The second-order valence-electron chi connectivity index (χ2n) is 5.62. The summed E-state index contributed by atoms with van der Waals surface area (Å²) in [4.78, 5) is 48.3. The monoisotopic (exact) mass is 364 g/mol. The van der Waals surface area contributed by atoms with E-state index in [0.717, 1.165) is 5.56 Å². The number of nitrogens with zero attached hydrogens (tertiary/aromatic N) is 4. The van der Waals surface area contributed by atoms with Crippen molar-refractivity contribution < 1.29 is 14.4 Å². The molecule has 27 heavy (non-hydrogen) atoms. The molecule has 3 aromatic rings. The van der Waals surface area contributed by atoms with Gasteiger partial charge in [-0.15, -0.1) is 0 Å². The van der Waals surface area contributed by atoms with E-state index >= 15 is 0 Å². The summed E-state index contributed by atoms with van der Waals surface area (Å²) in [6.07, 6.45) is 7.80. The van der Waals surface area contributed by atoms with Gasteiger partial charge in [0.2, 0.25) is 11.6 Å². The molecule has 1 atom stereocenters. The maximum Gasteiger partial charge on any atom is 0.288 e. The van der Waals surface area contributed by atoms with Gasteiger partial charge in [0.25, 0.3) is 11.8 Å². The molecular weight excluding hydrogens is 348 g/mol. The van der Waals surface area contributed by atoms with Gasteiger partial charge in [-0.2, -0.15) is 0 Å². The van der Waals surface area contributed by atoms with Crippen LogP contribution in [-0.4, -0.2) is 43.2 Å². The van der Waals surface area contributed by atoms with Gasteiger partial charge in [-0.3, -0.25) is 23.9 Å². The molecule has 0 saturated heterocycles. The normalized spacial score (nSPS) is 11.6. The zero-order valence-electron chi connectivity index (χ0n) is 14.1. The largest absolute Gasteiger partial charge is 0.363 e. The van der Waals surface area contributed by atoms with E-state index in [4.69, 9.17) is 5.73 Å². The van der Waals surface area contributed by atoms with E-state index in [0.29, 0.717) is 5.82 Å². The minimum atomic E-state index is -1.12. The molecule has 1 unspecified atom stereocenters. The fourth-order valence-corrected chi connectivity index (χ4v) is 2.51. The van der Waals surface area contributed by atoms with Crippen LogP contribution in [0.25, 0.3) is 5.82 Å². The number of carbonyl (C=O) groups is 3. The number of Topliss-reactive ketones (excluding diaryl/α,β-unsaturated/α-hetero) is 1. The van der Waals surface area contributed by atoms with E-state index in [-0.39, 0.29) is 12.2 Å². The molecule has 0 aliphatic rings. The van der Waals surface area contributed by atoms with Crippen molar-refractivity contribution in [2.75, 3.05) is 0 Å². The zero-order chi connectivity index (χ0) is 19.2. The van der Waals surface area contributed by atoms with Crippen LogP contribution in [0.4, 0.5) is 0 Å². The summed E-state index contributed by atoms with van der Waals surface area (Å²) in [5.74, 6) is -2.12. The van der Waals surface area contributed by atoms with Crippen LogP contribution in [0.15, 0.2) is 61.3 Å². The maximum absolute atomic E-state index is 12.7. The SMILES string of the molecule is NC(=O)C(=O)C(Cc1ccncc1)NC(=O)c1nccn1-c1ccccn1. The Morgan fingerprint density at radius 3 is 2.48 bits per heavy atom. The van der Waals surface area contributed by atoms with Crippen LogP contribution >= 0.6 is 0 Å². The predicted molar refractivity (Wildman–Crippen MR) is 94.8 cm³/mol. The van der Waals surface area contributed by atoms with Crippen molar-refractivity contribution in [2.45, 2.75) is 12.5 Å². The summed E-state index contributed by atoms with van der Waals surface area (Å²) in [6, 6.07) is 7.47. The maximum atomic E-state index is 12.7. The molecule has 3 N–H and O–H groups in total. The molecule has 9 heteroatoms. The lowest BCUT2D eigenvalue weighted by molar-refractivity contribution is -0.137. The van der Waals surface area contributed by atoms with E-state index in [9.17, 15) is 14.4 Å². The Bertz CT molecular complexity index is 955. The van der Waals surface area contributed by atoms with Gasteiger partial charge in [-0.05, 0) is 29.8 Å². The number of amides is 2. The van der Waals surface area contributed by atoms with Gasteiger partial charge in [-0.1, -0.05) is 6.07 Å². The Labute approximate surface area is 154 Å². The van der Waals surface area contributed by atoms with E-state index < -0.39 is 23.6 Å². The van der Waals surface area contributed by atoms with Crippen molar-refractivity contribution in [1.29, 1.82) is 0 Å². The van der Waals surface area contributed by atoms with Crippen LogP contribution in [0.5, 0.6) is 0 Å². The second-order valence-corrected chi connectivity index (χ2v) is 5.62. The average molecular weight is 364 g/mol. The van der Waals surface area contributed by atoms with Crippen LogP contribution in [0.3, 0.4) is 0 Å². The summed E-state index contributed by atoms with van der Waals surface area (Å²) < 4.78 is 1.48. The van der Waals surface area contributed by atoms with Gasteiger partial charge in [0.15, 0.2) is 0 Å². The van der Waals surface area contributed by atoms with E-state index in [1.54, 1.807) is 55.1 Å². The van der Waals surface area contributed by atoms with Gasteiger partial charge in [0.1, 0.15) is 11.9 Å².